The highest BCUT2D eigenvalue weighted by Crippen LogP contribution is 2.28. The first-order valence-corrected chi connectivity index (χ1v) is 5.91. The van der Waals surface area contributed by atoms with Crippen LogP contribution in [-0.2, 0) is 0 Å². The highest BCUT2D eigenvalue weighted by atomic mass is 35.5. The summed E-state index contributed by atoms with van der Waals surface area (Å²) in [5.41, 5.74) is 6.91. The zero-order valence-corrected chi connectivity index (χ0v) is 10.5. The molecule has 0 amide bonds. The van der Waals surface area contributed by atoms with Crippen molar-refractivity contribution in [1.29, 1.82) is 0 Å². The molecule has 1 aromatic carbocycles. The third-order valence-corrected chi connectivity index (χ3v) is 3.28. The van der Waals surface area contributed by atoms with Crippen LogP contribution < -0.4 is 5.73 Å². The maximum atomic E-state index is 13.2. The first kappa shape index (κ1) is 12.3. The molecule has 2 aromatic rings. The number of benzene rings is 1. The van der Waals surface area contributed by atoms with E-state index in [9.17, 15) is 4.39 Å². The molecule has 0 bridgehead atoms. The van der Waals surface area contributed by atoms with Gasteiger partial charge < -0.3 is 10.2 Å². The lowest BCUT2D eigenvalue weighted by atomic mass is 10.0. The molecule has 1 aromatic heterocycles. The minimum absolute atomic E-state index is 0.0365. The molecule has 2 N–H and O–H groups in total. The lowest BCUT2D eigenvalue weighted by Gasteiger charge is -2.13. The molecule has 0 saturated heterocycles. The minimum Gasteiger partial charge on any atom is -0.439 e. The fraction of sp³-hybridized carbons (Fsp3) is 0.417. The normalized spacial score (nSPS) is 15.1. The average Bonchev–Trinajstić information content (AvgIpc) is 2.70. The molecule has 0 aliphatic rings. The van der Waals surface area contributed by atoms with Crippen LogP contribution in [0.3, 0.4) is 0 Å². The van der Waals surface area contributed by atoms with E-state index in [1.165, 1.54) is 12.1 Å². The Morgan fingerprint density at radius 1 is 1.53 bits per heavy atom. The molecule has 2 unspecified atom stereocenters. The van der Waals surface area contributed by atoms with Gasteiger partial charge in [0, 0.05) is 6.07 Å². The van der Waals surface area contributed by atoms with Gasteiger partial charge in [0.15, 0.2) is 5.58 Å². The van der Waals surface area contributed by atoms with E-state index in [1.807, 2.05) is 13.8 Å². The smallest absolute Gasteiger partial charge is 0.212 e. The summed E-state index contributed by atoms with van der Waals surface area (Å²) in [5, 5.41) is 0.0365. The molecule has 1 heterocycles. The molecule has 0 fully saturated rings. The topological polar surface area (TPSA) is 52.0 Å². The Morgan fingerprint density at radius 3 is 2.88 bits per heavy atom. The second-order valence-electron chi connectivity index (χ2n) is 4.20. The van der Waals surface area contributed by atoms with Gasteiger partial charge in [-0.2, -0.15) is 0 Å². The van der Waals surface area contributed by atoms with Crippen LogP contribution in [-0.4, -0.2) is 4.98 Å². The van der Waals surface area contributed by atoms with Crippen molar-refractivity contribution >= 4 is 22.7 Å². The average molecular weight is 257 g/mol. The second kappa shape index (κ2) is 4.63. The Hall–Kier alpha value is -1.13. The molecule has 0 radical (unpaired) electrons. The van der Waals surface area contributed by atoms with Gasteiger partial charge in [-0.05, 0) is 12.0 Å². The number of rotatable bonds is 3. The summed E-state index contributed by atoms with van der Waals surface area (Å²) in [6.07, 6.45) is 0.926. The van der Waals surface area contributed by atoms with Gasteiger partial charge in [0.05, 0.1) is 11.1 Å². The van der Waals surface area contributed by atoms with Gasteiger partial charge in [-0.1, -0.05) is 31.9 Å². The Kier molecular flexibility index (Phi) is 3.35. The van der Waals surface area contributed by atoms with E-state index in [4.69, 9.17) is 21.8 Å². The predicted octanol–water partition coefficient (Wildman–Crippen LogP) is 3.67. The molecule has 0 aliphatic carbocycles. The summed E-state index contributed by atoms with van der Waals surface area (Å²) in [5.74, 6) is 0.165. The number of hydrogen-bond acceptors (Lipinski definition) is 3. The van der Waals surface area contributed by atoms with E-state index in [0.29, 0.717) is 17.0 Å². The van der Waals surface area contributed by atoms with Crippen molar-refractivity contribution < 1.29 is 8.81 Å². The highest BCUT2D eigenvalue weighted by molar-refractivity contribution is 6.31. The number of fused-ring (bicyclic) bond motifs is 1. The van der Waals surface area contributed by atoms with Crippen molar-refractivity contribution in [1.82, 2.24) is 4.98 Å². The van der Waals surface area contributed by atoms with Crippen molar-refractivity contribution in [2.45, 2.75) is 26.3 Å². The second-order valence-corrected chi connectivity index (χ2v) is 4.60. The Bertz CT molecular complexity index is 502. The van der Waals surface area contributed by atoms with Gasteiger partial charge >= 0.3 is 0 Å². The Morgan fingerprint density at radius 2 is 2.24 bits per heavy atom. The van der Waals surface area contributed by atoms with Gasteiger partial charge in [-0.15, -0.1) is 0 Å². The van der Waals surface area contributed by atoms with Crippen LogP contribution in [0.25, 0.3) is 11.1 Å². The third kappa shape index (κ3) is 2.28. The van der Waals surface area contributed by atoms with Gasteiger partial charge in [-0.25, -0.2) is 9.37 Å². The van der Waals surface area contributed by atoms with Crippen LogP contribution >= 0.6 is 11.6 Å². The molecular weight excluding hydrogens is 243 g/mol. The first-order valence-electron chi connectivity index (χ1n) is 5.54. The van der Waals surface area contributed by atoms with Crippen LogP contribution in [0.1, 0.15) is 32.2 Å². The van der Waals surface area contributed by atoms with Crippen molar-refractivity contribution in [2.75, 3.05) is 0 Å². The maximum Gasteiger partial charge on any atom is 0.212 e. The summed E-state index contributed by atoms with van der Waals surface area (Å²) >= 11 is 5.68. The van der Waals surface area contributed by atoms with E-state index >= 15 is 0 Å². The number of oxazole rings is 1. The van der Waals surface area contributed by atoms with Gasteiger partial charge in [0.1, 0.15) is 11.3 Å². The van der Waals surface area contributed by atoms with E-state index in [0.717, 1.165) is 6.42 Å². The van der Waals surface area contributed by atoms with Crippen molar-refractivity contribution in [3.8, 4) is 0 Å². The molecular formula is C12H14ClFN2O. The standard InChI is InChI=1S/C12H14ClFN2O/c1-3-6(2)11(15)12-16-9-4-7(13)8(14)5-10(9)17-12/h4-6,11H,3,15H2,1-2H3. The predicted molar refractivity (Wildman–Crippen MR) is 65.4 cm³/mol. The maximum absolute atomic E-state index is 13.2. The Balaban J connectivity index is 2.44. The molecule has 5 heteroatoms. The van der Waals surface area contributed by atoms with Crippen molar-refractivity contribution in [3.05, 3.63) is 28.9 Å². The summed E-state index contributed by atoms with van der Waals surface area (Å²) in [7, 11) is 0. The number of nitrogens with two attached hydrogens (primary N) is 1. The molecule has 0 aliphatic heterocycles. The van der Waals surface area contributed by atoms with Crippen LogP contribution in [0, 0.1) is 11.7 Å². The highest BCUT2D eigenvalue weighted by Gasteiger charge is 2.20. The van der Waals surface area contributed by atoms with E-state index in [2.05, 4.69) is 4.98 Å². The largest absolute Gasteiger partial charge is 0.439 e. The van der Waals surface area contributed by atoms with Crippen LogP contribution in [0.2, 0.25) is 5.02 Å². The van der Waals surface area contributed by atoms with Gasteiger partial charge in [0.2, 0.25) is 5.89 Å². The molecule has 0 saturated carbocycles. The molecule has 3 nitrogen and oxygen atoms in total. The van der Waals surface area contributed by atoms with E-state index < -0.39 is 5.82 Å². The van der Waals surface area contributed by atoms with Crippen LogP contribution in [0.15, 0.2) is 16.5 Å². The number of hydrogen-bond donors (Lipinski definition) is 1. The zero-order valence-electron chi connectivity index (χ0n) is 9.71. The molecule has 17 heavy (non-hydrogen) atoms. The molecule has 2 rings (SSSR count). The lowest BCUT2D eigenvalue weighted by molar-refractivity contribution is 0.375. The quantitative estimate of drug-likeness (QED) is 0.912. The number of aromatic nitrogens is 1. The minimum atomic E-state index is -0.515. The van der Waals surface area contributed by atoms with Gasteiger partial charge in [-0.3, -0.25) is 0 Å². The summed E-state index contributed by atoms with van der Waals surface area (Å²) in [6.45, 7) is 4.07. The van der Waals surface area contributed by atoms with Crippen molar-refractivity contribution in [3.63, 3.8) is 0 Å². The van der Waals surface area contributed by atoms with Crippen LogP contribution in [0.5, 0.6) is 0 Å². The molecule has 0 spiro atoms. The summed E-state index contributed by atoms with van der Waals surface area (Å²) in [4.78, 5) is 4.24. The first-order chi connectivity index (χ1) is 8.02. The monoisotopic (exact) mass is 256 g/mol. The fourth-order valence-electron chi connectivity index (χ4n) is 1.58. The fourth-order valence-corrected chi connectivity index (χ4v) is 1.74. The summed E-state index contributed by atoms with van der Waals surface area (Å²) in [6, 6.07) is 2.40. The SMILES string of the molecule is CCC(C)C(N)c1nc2cc(Cl)c(F)cc2o1. The van der Waals surface area contributed by atoms with E-state index in [1.54, 1.807) is 0 Å². The summed E-state index contributed by atoms with van der Waals surface area (Å²) < 4.78 is 18.7. The third-order valence-electron chi connectivity index (χ3n) is 2.99. The Labute approximate surface area is 104 Å². The van der Waals surface area contributed by atoms with Gasteiger partial charge in [0.25, 0.3) is 0 Å². The number of nitrogens with zero attached hydrogens (tertiary/aromatic N) is 1. The van der Waals surface area contributed by atoms with E-state index in [-0.39, 0.29) is 17.0 Å². The zero-order chi connectivity index (χ0) is 12.6. The number of halogens is 2. The lowest BCUT2D eigenvalue weighted by Crippen LogP contribution is -2.18. The van der Waals surface area contributed by atoms with Crippen LogP contribution in [0.4, 0.5) is 4.39 Å². The molecule has 92 valence electrons. The molecule has 2 atom stereocenters. The van der Waals surface area contributed by atoms with Crippen molar-refractivity contribution in [2.24, 2.45) is 11.7 Å².